The SMILES string of the molecule is COPOP(=O)(CC(CCC(=O)O)C(=O)OCC(=O)N(C)C)OPOC. The average Bonchev–Trinajstić information content (AvgIpc) is 2.59. The minimum Gasteiger partial charge on any atom is -0.481 e. The standard InChI is InChI=1S/C12H24NO10P3/c1-13(2)10(14)7-21-12(17)9(5-6-11(15)16)8-26(18,22-24-19-3)23-25-20-4/h9,24-25H,5-8H2,1-4H3,(H,15,16). The Hall–Kier alpha value is -0.660. The lowest BCUT2D eigenvalue weighted by Gasteiger charge is -2.21. The number of nitrogens with zero attached hydrogens (tertiary/aromatic N) is 1. The summed E-state index contributed by atoms with van der Waals surface area (Å²) in [5.41, 5.74) is 0. The Morgan fingerprint density at radius 2 is 1.65 bits per heavy atom. The summed E-state index contributed by atoms with van der Waals surface area (Å²) in [5, 5.41) is 8.83. The van der Waals surface area contributed by atoms with Crippen molar-refractivity contribution in [2.24, 2.45) is 5.92 Å². The molecule has 0 heterocycles. The van der Waals surface area contributed by atoms with Gasteiger partial charge in [0.05, 0.1) is 12.1 Å². The Morgan fingerprint density at radius 1 is 1.12 bits per heavy atom. The Labute approximate surface area is 155 Å². The lowest BCUT2D eigenvalue weighted by atomic mass is 10.1. The maximum absolute atomic E-state index is 12.7. The molecular weight excluding hydrogens is 411 g/mol. The van der Waals surface area contributed by atoms with E-state index in [1.165, 1.54) is 33.2 Å². The zero-order valence-corrected chi connectivity index (χ0v) is 17.8. The number of hydrogen-bond donors (Lipinski definition) is 1. The van der Waals surface area contributed by atoms with Gasteiger partial charge in [-0.05, 0) is 6.42 Å². The fraction of sp³-hybridized carbons (Fsp3) is 0.750. The van der Waals surface area contributed by atoms with E-state index in [0.717, 1.165) is 0 Å². The lowest BCUT2D eigenvalue weighted by Crippen LogP contribution is -2.30. The first-order valence-electron chi connectivity index (χ1n) is 7.26. The van der Waals surface area contributed by atoms with E-state index in [2.05, 4.69) is 0 Å². The van der Waals surface area contributed by atoms with Crippen LogP contribution < -0.4 is 0 Å². The monoisotopic (exact) mass is 435 g/mol. The normalized spacial score (nSPS) is 15.2. The second-order valence-corrected chi connectivity index (χ2v) is 9.27. The van der Waals surface area contributed by atoms with Crippen molar-refractivity contribution in [2.75, 3.05) is 41.1 Å². The number of carbonyl (C=O) groups excluding carboxylic acids is 2. The number of carboxylic acids is 1. The molecule has 11 nitrogen and oxygen atoms in total. The molecule has 0 aromatic carbocycles. The molecule has 0 saturated heterocycles. The number of ether oxygens (including phenoxy) is 1. The van der Waals surface area contributed by atoms with E-state index >= 15 is 0 Å². The first-order chi connectivity index (χ1) is 12.1. The minimum atomic E-state index is -3.80. The highest BCUT2D eigenvalue weighted by Crippen LogP contribution is 2.59. The van der Waals surface area contributed by atoms with Crippen LogP contribution in [0.3, 0.4) is 0 Å². The van der Waals surface area contributed by atoms with Crippen LogP contribution in [-0.4, -0.2) is 68.9 Å². The average molecular weight is 435 g/mol. The number of carboxylic acid groups (broad SMARTS) is 1. The Balaban J connectivity index is 5.10. The van der Waals surface area contributed by atoms with Crippen LogP contribution in [0.15, 0.2) is 0 Å². The zero-order valence-electron chi connectivity index (χ0n) is 14.9. The molecule has 0 spiro atoms. The van der Waals surface area contributed by atoms with Gasteiger partial charge >= 0.3 is 19.5 Å². The van der Waals surface area contributed by atoms with Crippen LogP contribution in [0.4, 0.5) is 0 Å². The number of likely N-dealkylation sites (N-methyl/N-ethyl adjacent to an activating group) is 1. The summed E-state index contributed by atoms with van der Waals surface area (Å²) in [6, 6.07) is 0. The van der Waals surface area contributed by atoms with Gasteiger partial charge in [0.2, 0.25) is 0 Å². The number of aliphatic carboxylic acids is 1. The van der Waals surface area contributed by atoms with Gasteiger partial charge < -0.3 is 23.8 Å². The van der Waals surface area contributed by atoms with Gasteiger partial charge in [0.15, 0.2) is 24.7 Å². The smallest absolute Gasteiger partial charge is 0.341 e. The van der Waals surface area contributed by atoms with E-state index in [1.54, 1.807) is 0 Å². The third-order valence-corrected chi connectivity index (χ3v) is 6.88. The van der Waals surface area contributed by atoms with Crippen LogP contribution in [0, 0.1) is 5.92 Å². The van der Waals surface area contributed by atoms with Crippen LogP contribution in [-0.2, 0) is 41.4 Å². The molecule has 0 aromatic heterocycles. The first kappa shape index (κ1) is 25.3. The van der Waals surface area contributed by atoms with E-state index in [0.29, 0.717) is 0 Å². The van der Waals surface area contributed by atoms with Gasteiger partial charge in [0.25, 0.3) is 5.91 Å². The van der Waals surface area contributed by atoms with E-state index in [4.69, 9.17) is 27.5 Å². The number of carbonyl (C=O) groups is 3. The number of amides is 1. The molecular formula is C12H24NO10P3. The maximum atomic E-state index is 12.7. The molecule has 0 fully saturated rings. The van der Waals surface area contributed by atoms with Crippen molar-refractivity contribution in [1.82, 2.24) is 4.90 Å². The van der Waals surface area contributed by atoms with Crippen LogP contribution in [0.2, 0.25) is 0 Å². The molecule has 14 heteroatoms. The molecule has 26 heavy (non-hydrogen) atoms. The highest BCUT2D eigenvalue weighted by molar-refractivity contribution is 7.63. The van der Waals surface area contributed by atoms with Crippen molar-refractivity contribution in [3.05, 3.63) is 0 Å². The lowest BCUT2D eigenvalue weighted by molar-refractivity contribution is -0.154. The molecule has 152 valence electrons. The molecule has 0 aromatic rings. The van der Waals surface area contributed by atoms with Gasteiger partial charge in [-0.2, -0.15) is 0 Å². The van der Waals surface area contributed by atoms with Crippen LogP contribution in [0.5, 0.6) is 0 Å². The molecule has 0 bridgehead atoms. The molecule has 3 unspecified atom stereocenters. The van der Waals surface area contributed by atoms with Crippen molar-refractivity contribution < 1.29 is 46.5 Å². The number of esters is 1. The highest BCUT2D eigenvalue weighted by atomic mass is 31.3. The summed E-state index contributed by atoms with van der Waals surface area (Å²) in [4.78, 5) is 35.8. The summed E-state index contributed by atoms with van der Waals surface area (Å²) < 4.78 is 37.2. The molecule has 0 saturated carbocycles. The Morgan fingerprint density at radius 3 is 2.08 bits per heavy atom. The van der Waals surface area contributed by atoms with Crippen molar-refractivity contribution in [1.29, 1.82) is 0 Å². The predicted molar refractivity (Wildman–Crippen MR) is 95.3 cm³/mol. The van der Waals surface area contributed by atoms with E-state index < -0.39 is 62.2 Å². The maximum Gasteiger partial charge on any atom is 0.341 e. The Kier molecular flexibility index (Phi) is 13.2. The third-order valence-electron chi connectivity index (χ3n) is 2.84. The second kappa shape index (κ2) is 13.5. The van der Waals surface area contributed by atoms with Crippen molar-refractivity contribution >= 4 is 43.5 Å². The van der Waals surface area contributed by atoms with Crippen molar-refractivity contribution in [3.63, 3.8) is 0 Å². The van der Waals surface area contributed by atoms with Crippen LogP contribution in [0.1, 0.15) is 12.8 Å². The van der Waals surface area contributed by atoms with E-state index in [1.807, 2.05) is 0 Å². The molecule has 0 aliphatic carbocycles. The molecule has 1 N–H and O–H groups in total. The highest BCUT2D eigenvalue weighted by Gasteiger charge is 2.35. The molecule has 1 amide bonds. The Bertz CT molecular complexity index is 503. The molecule has 0 aliphatic heterocycles. The quantitative estimate of drug-likeness (QED) is 0.316. The van der Waals surface area contributed by atoms with Gasteiger partial charge in [-0.1, -0.05) is 0 Å². The topological polar surface area (TPSA) is 138 Å². The summed E-state index contributed by atoms with van der Waals surface area (Å²) in [6.07, 6.45) is -0.949. The summed E-state index contributed by atoms with van der Waals surface area (Å²) in [5.74, 6) is -3.56. The van der Waals surface area contributed by atoms with Crippen molar-refractivity contribution in [3.8, 4) is 0 Å². The molecule has 0 aliphatic rings. The minimum absolute atomic E-state index is 0.160. The first-order valence-corrected chi connectivity index (χ1v) is 10.6. The van der Waals surface area contributed by atoms with Gasteiger partial charge in [-0.15, -0.1) is 0 Å². The fourth-order valence-corrected chi connectivity index (χ4v) is 4.97. The van der Waals surface area contributed by atoms with Crippen LogP contribution in [0.25, 0.3) is 0 Å². The largest absolute Gasteiger partial charge is 0.481 e. The second-order valence-electron chi connectivity index (χ2n) is 5.08. The molecule has 3 atom stereocenters. The summed E-state index contributed by atoms with van der Waals surface area (Å²) in [6.45, 7) is -0.513. The summed E-state index contributed by atoms with van der Waals surface area (Å²) >= 11 is 0. The van der Waals surface area contributed by atoms with Crippen molar-refractivity contribution in [2.45, 2.75) is 12.8 Å². The van der Waals surface area contributed by atoms with Gasteiger partial charge in [-0.25, -0.2) is 0 Å². The molecule has 0 rings (SSSR count). The van der Waals surface area contributed by atoms with E-state index in [9.17, 15) is 18.9 Å². The fourth-order valence-electron chi connectivity index (χ4n) is 1.51. The predicted octanol–water partition coefficient (Wildman–Crippen LogP) is 1.63. The van der Waals surface area contributed by atoms with Gasteiger partial charge in [-0.3, -0.25) is 27.6 Å². The molecule has 0 radical (unpaired) electrons. The zero-order chi connectivity index (χ0) is 20.2. The van der Waals surface area contributed by atoms with Crippen LogP contribution >= 0.6 is 25.7 Å². The van der Waals surface area contributed by atoms with E-state index in [-0.39, 0.29) is 12.8 Å². The van der Waals surface area contributed by atoms with Gasteiger partial charge in [0.1, 0.15) is 0 Å². The number of rotatable bonds is 14. The number of hydrogen-bond acceptors (Lipinski definition) is 9. The summed E-state index contributed by atoms with van der Waals surface area (Å²) in [7, 11) is 0.613. The van der Waals surface area contributed by atoms with Gasteiger partial charge in [0, 0.05) is 34.7 Å². The third kappa shape index (κ3) is 11.1.